The highest BCUT2D eigenvalue weighted by molar-refractivity contribution is 7.89. The Kier molecular flexibility index (Phi) is 5.58. The molecule has 0 unspecified atom stereocenters. The van der Waals surface area contributed by atoms with Gasteiger partial charge in [0.1, 0.15) is 0 Å². The van der Waals surface area contributed by atoms with Crippen molar-refractivity contribution >= 4 is 32.4 Å². The van der Waals surface area contributed by atoms with Crippen LogP contribution in [0.25, 0.3) is 10.8 Å². The highest BCUT2D eigenvalue weighted by atomic mass is 32.2. The van der Waals surface area contributed by atoms with Crippen molar-refractivity contribution in [2.45, 2.75) is 31.2 Å². The second-order valence-electron chi connectivity index (χ2n) is 6.66. The van der Waals surface area contributed by atoms with Crippen molar-refractivity contribution in [3.63, 3.8) is 0 Å². The molecule has 140 valence electrons. The van der Waals surface area contributed by atoms with Crippen LogP contribution in [0.2, 0.25) is 0 Å². The molecule has 2 N–H and O–H groups in total. The van der Waals surface area contributed by atoms with Crippen molar-refractivity contribution in [2.24, 2.45) is 0 Å². The fourth-order valence-electron chi connectivity index (χ4n) is 2.92. The molecule has 0 spiro atoms. The third kappa shape index (κ3) is 4.72. The molecule has 0 atom stereocenters. The Balaban J connectivity index is 1.71. The van der Waals surface area contributed by atoms with E-state index in [2.05, 4.69) is 10.0 Å². The van der Waals surface area contributed by atoms with Crippen molar-refractivity contribution in [1.29, 1.82) is 0 Å². The highest BCUT2D eigenvalue weighted by Crippen LogP contribution is 2.20. The molecule has 0 bridgehead atoms. The Hall–Kier alpha value is -2.70. The van der Waals surface area contributed by atoms with Crippen LogP contribution in [-0.4, -0.2) is 20.4 Å². The lowest BCUT2D eigenvalue weighted by molar-refractivity contribution is -0.115. The number of amides is 1. The summed E-state index contributed by atoms with van der Waals surface area (Å²) in [5, 5.41) is 4.97. The standard InChI is InChI=1S/C21H22N2O3S/c1-15(2)23-27(25,26)19-12-10-18(11-13-19)22-21(24)14-17-8-5-7-16-6-3-4-9-20(16)17/h3-13,15,23H,14H2,1-2H3,(H,22,24). The number of hydrogen-bond acceptors (Lipinski definition) is 3. The second kappa shape index (κ2) is 7.90. The molecule has 0 radical (unpaired) electrons. The van der Waals surface area contributed by atoms with E-state index in [1.54, 1.807) is 26.0 Å². The monoisotopic (exact) mass is 382 g/mol. The largest absolute Gasteiger partial charge is 0.326 e. The molecule has 0 saturated heterocycles. The van der Waals surface area contributed by atoms with Crippen molar-refractivity contribution in [3.05, 3.63) is 72.3 Å². The van der Waals surface area contributed by atoms with Gasteiger partial charge in [0.25, 0.3) is 0 Å². The maximum atomic E-state index is 12.4. The fourth-order valence-corrected chi connectivity index (χ4v) is 4.17. The minimum atomic E-state index is -3.54. The summed E-state index contributed by atoms with van der Waals surface area (Å²) in [6.07, 6.45) is 0.246. The molecule has 3 aromatic rings. The quantitative estimate of drug-likeness (QED) is 0.682. The average Bonchev–Trinajstić information content (AvgIpc) is 2.61. The molecule has 0 heterocycles. The molecule has 6 heteroatoms. The van der Waals surface area contributed by atoms with Gasteiger partial charge in [0.2, 0.25) is 15.9 Å². The van der Waals surface area contributed by atoms with Gasteiger partial charge in [-0.1, -0.05) is 42.5 Å². The molecule has 0 aliphatic carbocycles. The predicted molar refractivity (Wildman–Crippen MR) is 108 cm³/mol. The fraction of sp³-hybridized carbons (Fsp3) is 0.190. The molecular formula is C21H22N2O3S. The molecule has 1 amide bonds. The second-order valence-corrected chi connectivity index (χ2v) is 8.38. The van der Waals surface area contributed by atoms with E-state index < -0.39 is 10.0 Å². The maximum absolute atomic E-state index is 12.4. The van der Waals surface area contributed by atoms with Crippen LogP contribution in [-0.2, 0) is 21.2 Å². The predicted octanol–water partition coefficient (Wildman–Crippen LogP) is 3.71. The summed E-state index contributed by atoms with van der Waals surface area (Å²) in [6, 6.07) is 19.8. The lowest BCUT2D eigenvalue weighted by Crippen LogP contribution is -2.30. The molecule has 0 saturated carbocycles. The van der Waals surface area contributed by atoms with Gasteiger partial charge in [-0.25, -0.2) is 13.1 Å². The van der Waals surface area contributed by atoms with Crippen LogP contribution in [0.15, 0.2) is 71.6 Å². The van der Waals surface area contributed by atoms with Crippen LogP contribution >= 0.6 is 0 Å². The van der Waals surface area contributed by atoms with Crippen LogP contribution in [0.4, 0.5) is 5.69 Å². The molecular weight excluding hydrogens is 360 g/mol. The van der Waals surface area contributed by atoms with Gasteiger partial charge >= 0.3 is 0 Å². The lowest BCUT2D eigenvalue weighted by atomic mass is 10.0. The van der Waals surface area contributed by atoms with Crippen LogP contribution in [0.5, 0.6) is 0 Å². The summed E-state index contributed by atoms with van der Waals surface area (Å²) in [5.74, 6) is -0.151. The molecule has 27 heavy (non-hydrogen) atoms. The average molecular weight is 382 g/mol. The first-order valence-electron chi connectivity index (χ1n) is 8.74. The highest BCUT2D eigenvalue weighted by Gasteiger charge is 2.15. The van der Waals surface area contributed by atoms with Crippen molar-refractivity contribution in [1.82, 2.24) is 4.72 Å². The normalized spacial score (nSPS) is 11.7. The van der Waals surface area contributed by atoms with Gasteiger partial charge in [-0.3, -0.25) is 4.79 Å². The van der Waals surface area contributed by atoms with Gasteiger partial charge in [-0.2, -0.15) is 0 Å². The van der Waals surface area contributed by atoms with E-state index in [1.165, 1.54) is 12.1 Å². The van der Waals surface area contributed by atoms with Crippen LogP contribution < -0.4 is 10.0 Å². The Morgan fingerprint density at radius 1 is 0.926 bits per heavy atom. The van der Waals surface area contributed by atoms with E-state index in [-0.39, 0.29) is 23.3 Å². The number of sulfonamides is 1. The SMILES string of the molecule is CC(C)NS(=O)(=O)c1ccc(NC(=O)Cc2cccc3ccccc23)cc1. The molecule has 5 nitrogen and oxygen atoms in total. The minimum absolute atomic E-state index is 0.151. The molecule has 3 aromatic carbocycles. The zero-order chi connectivity index (χ0) is 19.4. The third-order valence-electron chi connectivity index (χ3n) is 4.07. The van der Waals surface area contributed by atoms with Gasteiger partial charge in [-0.15, -0.1) is 0 Å². The number of benzene rings is 3. The van der Waals surface area contributed by atoms with E-state index in [1.807, 2.05) is 42.5 Å². The van der Waals surface area contributed by atoms with Crippen molar-refractivity contribution in [2.75, 3.05) is 5.32 Å². The van der Waals surface area contributed by atoms with E-state index >= 15 is 0 Å². The number of hydrogen-bond donors (Lipinski definition) is 2. The Labute approximate surface area is 159 Å². The summed E-state index contributed by atoms with van der Waals surface area (Å²) >= 11 is 0. The first-order valence-corrected chi connectivity index (χ1v) is 10.2. The molecule has 0 aliphatic heterocycles. The van der Waals surface area contributed by atoms with Crippen LogP contribution in [0, 0.1) is 0 Å². The molecule has 3 rings (SSSR count). The number of carbonyl (C=O) groups is 1. The minimum Gasteiger partial charge on any atom is -0.326 e. The first-order chi connectivity index (χ1) is 12.8. The summed E-state index contributed by atoms with van der Waals surface area (Å²) in [5.41, 5.74) is 1.51. The van der Waals surface area contributed by atoms with Crippen LogP contribution in [0.3, 0.4) is 0 Å². The Morgan fingerprint density at radius 2 is 1.59 bits per heavy atom. The van der Waals surface area contributed by atoms with Gasteiger partial charge in [-0.05, 0) is 54.4 Å². The van der Waals surface area contributed by atoms with Crippen molar-refractivity contribution < 1.29 is 13.2 Å². The summed E-state index contributed by atoms with van der Waals surface area (Å²) in [6.45, 7) is 3.53. The number of anilines is 1. The smallest absolute Gasteiger partial charge is 0.240 e. The molecule has 0 aromatic heterocycles. The number of fused-ring (bicyclic) bond motifs is 1. The van der Waals surface area contributed by atoms with Crippen molar-refractivity contribution in [3.8, 4) is 0 Å². The summed E-state index contributed by atoms with van der Waals surface area (Å²) < 4.78 is 26.8. The zero-order valence-corrected chi connectivity index (χ0v) is 16.1. The molecule has 0 aliphatic rings. The van der Waals surface area contributed by atoms with Gasteiger partial charge in [0.05, 0.1) is 11.3 Å². The lowest BCUT2D eigenvalue weighted by Gasteiger charge is -2.11. The Morgan fingerprint density at radius 3 is 2.30 bits per heavy atom. The maximum Gasteiger partial charge on any atom is 0.240 e. The number of rotatable bonds is 6. The van der Waals surface area contributed by atoms with E-state index in [0.29, 0.717) is 5.69 Å². The summed E-state index contributed by atoms with van der Waals surface area (Å²) in [4.78, 5) is 12.6. The first kappa shape index (κ1) is 19.1. The van der Waals surface area contributed by atoms with Gasteiger partial charge in [0.15, 0.2) is 0 Å². The van der Waals surface area contributed by atoms with Crippen LogP contribution in [0.1, 0.15) is 19.4 Å². The molecule has 0 fully saturated rings. The Bertz CT molecular complexity index is 1050. The topological polar surface area (TPSA) is 75.3 Å². The summed E-state index contributed by atoms with van der Waals surface area (Å²) in [7, 11) is -3.54. The zero-order valence-electron chi connectivity index (χ0n) is 15.3. The van der Waals surface area contributed by atoms with Gasteiger partial charge < -0.3 is 5.32 Å². The van der Waals surface area contributed by atoms with E-state index in [4.69, 9.17) is 0 Å². The van der Waals surface area contributed by atoms with E-state index in [0.717, 1.165) is 16.3 Å². The third-order valence-corrected chi connectivity index (χ3v) is 5.74. The van der Waals surface area contributed by atoms with E-state index in [9.17, 15) is 13.2 Å². The van der Waals surface area contributed by atoms with Gasteiger partial charge in [0, 0.05) is 11.7 Å². The number of carbonyl (C=O) groups excluding carboxylic acids is 1. The number of nitrogens with one attached hydrogen (secondary N) is 2.